The fraction of sp³-hybridized carbons (Fsp3) is 0.467. The van der Waals surface area contributed by atoms with Gasteiger partial charge in [0.25, 0.3) is 0 Å². The molecule has 20 heavy (non-hydrogen) atoms. The van der Waals surface area contributed by atoms with Crippen LogP contribution in [-0.2, 0) is 11.2 Å². The maximum atomic E-state index is 11.8. The van der Waals surface area contributed by atoms with Crippen LogP contribution in [0.25, 0.3) is 0 Å². The highest BCUT2D eigenvalue weighted by Gasteiger charge is 2.26. The van der Waals surface area contributed by atoms with E-state index >= 15 is 0 Å². The third-order valence-corrected chi connectivity index (χ3v) is 3.16. The normalized spacial score (nSPS) is 17.4. The molecule has 1 atom stereocenters. The molecule has 0 bridgehead atoms. The van der Waals surface area contributed by atoms with Crippen LogP contribution in [-0.4, -0.2) is 22.8 Å². The van der Waals surface area contributed by atoms with Gasteiger partial charge < -0.3 is 15.2 Å². The number of benzene rings is 1. The van der Waals surface area contributed by atoms with E-state index in [4.69, 9.17) is 9.84 Å². The van der Waals surface area contributed by atoms with Gasteiger partial charge in [-0.1, -0.05) is 6.07 Å². The molecule has 0 aliphatic heterocycles. The van der Waals surface area contributed by atoms with Gasteiger partial charge in [0.05, 0.1) is 11.6 Å². The number of aryl methyl sites for hydroxylation is 1. The SMILES string of the molecule is CC(C)(C)OC(=O)N[C@H]1CCc2cc(C(=O)O)ccc21. The monoisotopic (exact) mass is 277 g/mol. The zero-order valence-corrected chi connectivity index (χ0v) is 11.9. The smallest absolute Gasteiger partial charge is 0.408 e. The Balaban J connectivity index is 2.09. The van der Waals surface area contributed by atoms with Crippen molar-refractivity contribution in [1.29, 1.82) is 0 Å². The van der Waals surface area contributed by atoms with Crippen LogP contribution in [0.3, 0.4) is 0 Å². The number of rotatable bonds is 2. The zero-order chi connectivity index (χ0) is 14.9. The maximum absolute atomic E-state index is 11.8. The van der Waals surface area contributed by atoms with Crippen LogP contribution in [0.1, 0.15) is 54.7 Å². The highest BCUT2D eigenvalue weighted by Crippen LogP contribution is 2.32. The molecule has 1 amide bonds. The van der Waals surface area contributed by atoms with E-state index < -0.39 is 17.7 Å². The van der Waals surface area contributed by atoms with Crippen molar-refractivity contribution < 1.29 is 19.4 Å². The largest absolute Gasteiger partial charge is 0.478 e. The van der Waals surface area contributed by atoms with Crippen LogP contribution in [0.15, 0.2) is 18.2 Å². The van der Waals surface area contributed by atoms with Gasteiger partial charge in [0, 0.05) is 0 Å². The van der Waals surface area contributed by atoms with E-state index in [0.717, 1.165) is 24.0 Å². The standard InChI is InChI=1S/C15H19NO4/c1-15(2,3)20-14(19)16-12-7-5-9-8-10(13(17)18)4-6-11(9)12/h4,6,8,12H,5,7H2,1-3H3,(H,16,19)(H,17,18)/t12-/m0/s1. The first-order valence-electron chi connectivity index (χ1n) is 6.62. The topological polar surface area (TPSA) is 75.6 Å². The average molecular weight is 277 g/mol. The molecule has 1 aliphatic carbocycles. The van der Waals surface area contributed by atoms with Crippen LogP contribution in [0.2, 0.25) is 0 Å². The number of carboxylic acids is 1. The molecule has 108 valence electrons. The molecular weight excluding hydrogens is 258 g/mol. The summed E-state index contributed by atoms with van der Waals surface area (Å²) in [5, 5.41) is 11.8. The van der Waals surface area contributed by atoms with E-state index in [1.807, 2.05) is 20.8 Å². The first-order valence-corrected chi connectivity index (χ1v) is 6.62. The second kappa shape index (κ2) is 5.15. The Bertz CT molecular complexity index is 545. The molecule has 0 heterocycles. The fourth-order valence-electron chi connectivity index (χ4n) is 2.35. The number of ether oxygens (including phenoxy) is 1. The fourth-order valence-corrected chi connectivity index (χ4v) is 2.35. The van der Waals surface area contributed by atoms with Crippen LogP contribution < -0.4 is 5.32 Å². The second-order valence-corrected chi connectivity index (χ2v) is 5.96. The van der Waals surface area contributed by atoms with Crippen molar-refractivity contribution in [3.63, 3.8) is 0 Å². The van der Waals surface area contributed by atoms with Crippen molar-refractivity contribution in [3.05, 3.63) is 34.9 Å². The number of carbonyl (C=O) groups is 2. The molecule has 1 aliphatic rings. The summed E-state index contributed by atoms with van der Waals surface area (Å²) in [4.78, 5) is 22.7. The molecule has 0 spiro atoms. The Hall–Kier alpha value is -2.04. The van der Waals surface area contributed by atoms with Crippen molar-refractivity contribution in [2.45, 2.75) is 45.3 Å². The van der Waals surface area contributed by atoms with Crippen LogP contribution in [0.5, 0.6) is 0 Å². The van der Waals surface area contributed by atoms with E-state index in [1.165, 1.54) is 0 Å². The first kappa shape index (κ1) is 14.4. The Morgan fingerprint density at radius 3 is 2.65 bits per heavy atom. The maximum Gasteiger partial charge on any atom is 0.408 e. The van der Waals surface area contributed by atoms with E-state index in [9.17, 15) is 9.59 Å². The third-order valence-electron chi connectivity index (χ3n) is 3.16. The number of hydrogen-bond donors (Lipinski definition) is 2. The first-order chi connectivity index (χ1) is 9.26. The molecule has 0 fully saturated rings. The van der Waals surface area contributed by atoms with Crippen LogP contribution in [0, 0.1) is 0 Å². The molecule has 0 unspecified atom stereocenters. The van der Waals surface area contributed by atoms with Gasteiger partial charge in [0.2, 0.25) is 0 Å². The predicted octanol–water partition coefficient (Wildman–Crippen LogP) is 2.90. The van der Waals surface area contributed by atoms with Gasteiger partial charge in [0.1, 0.15) is 5.60 Å². The molecule has 0 aromatic heterocycles. The Labute approximate surface area is 117 Å². The minimum absolute atomic E-state index is 0.109. The number of carboxylic acid groups (broad SMARTS) is 1. The minimum Gasteiger partial charge on any atom is -0.478 e. The van der Waals surface area contributed by atoms with Crippen molar-refractivity contribution in [2.24, 2.45) is 0 Å². The lowest BCUT2D eigenvalue weighted by Crippen LogP contribution is -2.34. The number of alkyl carbamates (subject to hydrolysis) is 1. The Kier molecular flexibility index (Phi) is 3.70. The lowest BCUT2D eigenvalue weighted by atomic mass is 10.0. The lowest BCUT2D eigenvalue weighted by molar-refractivity contribution is 0.0503. The summed E-state index contributed by atoms with van der Waals surface area (Å²) >= 11 is 0. The van der Waals surface area contributed by atoms with Gasteiger partial charge in [-0.3, -0.25) is 0 Å². The van der Waals surface area contributed by atoms with Gasteiger partial charge in [-0.15, -0.1) is 0 Å². The third kappa shape index (κ3) is 3.29. The van der Waals surface area contributed by atoms with Gasteiger partial charge in [0.15, 0.2) is 0 Å². The van der Waals surface area contributed by atoms with Crippen molar-refractivity contribution >= 4 is 12.1 Å². The highest BCUT2D eigenvalue weighted by atomic mass is 16.6. The number of amides is 1. The summed E-state index contributed by atoms with van der Waals surface area (Å²) in [6, 6.07) is 4.90. The molecule has 2 N–H and O–H groups in total. The number of nitrogens with one attached hydrogen (secondary N) is 1. The van der Waals surface area contributed by atoms with Gasteiger partial charge in [-0.05, 0) is 56.9 Å². The number of hydrogen-bond acceptors (Lipinski definition) is 3. The second-order valence-electron chi connectivity index (χ2n) is 5.96. The molecule has 1 aromatic carbocycles. The van der Waals surface area contributed by atoms with Crippen molar-refractivity contribution in [1.82, 2.24) is 5.32 Å². The Morgan fingerprint density at radius 1 is 1.35 bits per heavy atom. The van der Waals surface area contributed by atoms with E-state index in [2.05, 4.69) is 5.32 Å². The van der Waals surface area contributed by atoms with Crippen LogP contribution >= 0.6 is 0 Å². The number of fused-ring (bicyclic) bond motifs is 1. The molecule has 5 heteroatoms. The average Bonchev–Trinajstić information content (AvgIpc) is 2.69. The molecule has 1 aromatic rings. The van der Waals surface area contributed by atoms with E-state index in [1.54, 1.807) is 18.2 Å². The summed E-state index contributed by atoms with van der Waals surface area (Å²) in [6.45, 7) is 5.44. The molecular formula is C15H19NO4. The van der Waals surface area contributed by atoms with E-state index in [-0.39, 0.29) is 11.6 Å². The van der Waals surface area contributed by atoms with Gasteiger partial charge >= 0.3 is 12.1 Å². The van der Waals surface area contributed by atoms with Gasteiger partial charge in [-0.25, -0.2) is 9.59 Å². The zero-order valence-electron chi connectivity index (χ0n) is 11.9. The molecule has 2 rings (SSSR count). The molecule has 5 nitrogen and oxygen atoms in total. The molecule has 0 saturated carbocycles. The van der Waals surface area contributed by atoms with E-state index in [0.29, 0.717) is 0 Å². The number of carbonyl (C=O) groups excluding carboxylic acids is 1. The highest BCUT2D eigenvalue weighted by molar-refractivity contribution is 5.88. The summed E-state index contributed by atoms with van der Waals surface area (Å²) in [5.74, 6) is -0.934. The van der Waals surface area contributed by atoms with Crippen molar-refractivity contribution in [3.8, 4) is 0 Å². The predicted molar refractivity (Wildman–Crippen MR) is 73.8 cm³/mol. The quantitative estimate of drug-likeness (QED) is 0.871. The number of aromatic carboxylic acids is 1. The Morgan fingerprint density at radius 2 is 2.05 bits per heavy atom. The lowest BCUT2D eigenvalue weighted by Gasteiger charge is -2.22. The summed E-state index contributed by atoms with van der Waals surface area (Å²) < 4.78 is 5.23. The summed E-state index contributed by atoms with van der Waals surface area (Å²) in [7, 11) is 0. The van der Waals surface area contributed by atoms with Crippen molar-refractivity contribution in [2.75, 3.05) is 0 Å². The molecule has 0 saturated heterocycles. The minimum atomic E-state index is -0.934. The van der Waals surface area contributed by atoms with Crippen LogP contribution in [0.4, 0.5) is 4.79 Å². The summed E-state index contributed by atoms with van der Waals surface area (Å²) in [6.07, 6.45) is 1.08. The molecule has 0 radical (unpaired) electrons. The van der Waals surface area contributed by atoms with Gasteiger partial charge in [-0.2, -0.15) is 0 Å². The summed E-state index contributed by atoms with van der Waals surface area (Å²) in [5.41, 5.74) is 1.70.